The molecule has 1 aromatic carbocycles. The molecule has 82 valence electrons. The highest BCUT2D eigenvalue weighted by atomic mass is 79.9. The summed E-state index contributed by atoms with van der Waals surface area (Å²) in [5.74, 6) is 0.591. The van der Waals surface area contributed by atoms with E-state index >= 15 is 0 Å². The third kappa shape index (κ3) is 3.76. The molecular formula is C13H16Br2. The van der Waals surface area contributed by atoms with Gasteiger partial charge in [-0.2, -0.15) is 0 Å². The van der Waals surface area contributed by atoms with Gasteiger partial charge in [-0.25, -0.2) is 0 Å². The molecule has 1 aromatic rings. The van der Waals surface area contributed by atoms with E-state index in [9.17, 15) is 0 Å². The third-order valence-electron chi connectivity index (χ3n) is 2.43. The van der Waals surface area contributed by atoms with Crippen LogP contribution in [-0.4, -0.2) is 5.33 Å². The van der Waals surface area contributed by atoms with Crippen LogP contribution in [0.25, 0.3) is 6.08 Å². The molecule has 0 fully saturated rings. The Bertz CT molecular complexity index is 365. The molecule has 0 aromatic heterocycles. The molecular weight excluding hydrogens is 316 g/mol. The van der Waals surface area contributed by atoms with Crippen molar-refractivity contribution in [1.82, 2.24) is 0 Å². The molecule has 0 nitrogen and oxygen atoms in total. The normalized spacial score (nSPS) is 12.3. The van der Waals surface area contributed by atoms with E-state index in [1.54, 1.807) is 0 Å². The van der Waals surface area contributed by atoms with Gasteiger partial charge < -0.3 is 0 Å². The highest BCUT2D eigenvalue weighted by molar-refractivity contribution is 9.10. The SMILES string of the molecule is Cc1cc(C=C(CBr)C(C)C)ccc1Br. The Hall–Kier alpha value is -0.0800. The van der Waals surface area contributed by atoms with Gasteiger partial charge in [-0.3, -0.25) is 0 Å². The van der Waals surface area contributed by atoms with Crippen LogP contribution in [-0.2, 0) is 0 Å². The predicted octanol–water partition coefficient (Wildman–Crippen LogP) is 5.19. The van der Waals surface area contributed by atoms with Crippen molar-refractivity contribution in [2.75, 3.05) is 5.33 Å². The van der Waals surface area contributed by atoms with Crippen LogP contribution in [0, 0.1) is 12.8 Å². The maximum absolute atomic E-state index is 3.53. The average molecular weight is 332 g/mol. The molecule has 0 spiro atoms. The standard InChI is InChI=1S/C13H16Br2/c1-9(2)12(8-14)7-11-4-5-13(15)10(3)6-11/h4-7,9H,8H2,1-3H3. The van der Waals surface area contributed by atoms with Crippen molar-refractivity contribution in [2.24, 2.45) is 5.92 Å². The Balaban J connectivity index is 3.01. The molecule has 0 saturated carbocycles. The lowest BCUT2D eigenvalue weighted by molar-refractivity contribution is 0.781. The molecule has 2 heteroatoms. The summed E-state index contributed by atoms with van der Waals surface area (Å²) in [5, 5.41) is 0.944. The minimum Gasteiger partial charge on any atom is -0.0880 e. The Labute approximate surface area is 109 Å². The van der Waals surface area contributed by atoms with Gasteiger partial charge in [0.05, 0.1) is 0 Å². The summed E-state index contributed by atoms with van der Waals surface area (Å²) in [6.07, 6.45) is 2.26. The number of alkyl halides is 1. The van der Waals surface area contributed by atoms with E-state index in [4.69, 9.17) is 0 Å². The number of halogens is 2. The van der Waals surface area contributed by atoms with E-state index in [0.29, 0.717) is 5.92 Å². The van der Waals surface area contributed by atoms with Gasteiger partial charge in [0.25, 0.3) is 0 Å². The number of rotatable bonds is 3. The smallest absolute Gasteiger partial charge is 0.0247 e. The van der Waals surface area contributed by atoms with Crippen LogP contribution in [0.15, 0.2) is 28.2 Å². The second kappa shape index (κ2) is 5.86. The molecule has 1 rings (SSSR count). The van der Waals surface area contributed by atoms with Crippen molar-refractivity contribution in [3.05, 3.63) is 39.4 Å². The monoisotopic (exact) mass is 330 g/mol. The Morgan fingerprint density at radius 2 is 2.07 bits per heavy atom. The third-order valence-corrected chi connectivity index (χ3v) is 3.97. The van der Waals surface area contributed by atoms with Gasteiger partial charge in [0.1, 0.15) is 0 Å². The number of aryl methyl sites for hydroxylation is 1. The topological polar surface area (TPSA) is 0 Å². The van der Waals surface area contributed by atoms with Gasteiger partial charge in [0, 0.05) is 9.80 Å². The van der Waals surface area contributed by atoms with Crippen LogP contribution in [0.2, 0.25) is 0 Å². The summed E-state index contributed by atoms with van der Waals surface area (Å²) in [4.78, 5) is 0. The number of hydrogen-bond donors (Lipinski definition) is 0. The maximum atomic E-state index is 3.53. The first-order valence-electron chi connectivity index (χ1n) is 5.07. The first kappa shape index (κ1) is 13.0. The highest BCUT2D eigenvalue weighted by Gasteiger charge is 2.02. The zero-order valence-corrected chi connectivity index (χ0v) is 12.5. The van der Waals surface area contributed by atoms with Gasteiger partial charge in [-0.05, 0) is 30.0 Å². The molecule has 0 aliphatic heterocycles. The van der Waals surface area contributed by atoms with Crippen molar-refractivity contribution in [3.63, 3.8) is 0 Å². The summed E-state index contributed by atoms with van der Waals surface area (Å²) >= 11 is 7.04. The van der Waals surface area contributed by atoms with Gasteiger partial charge in [-0.1, -0.05) is 69.5 Å². The van der Waals surface area contributed by atoms with Gasteiger partial charge in [0.2, 0.25) is 0 Å². The average Bonchev–Trinajstić information content (AvgIpc) is 2.19. The summed E-state index contributed by atoms with van der Waals surface area (Å²) in [5.41, 5.74) is 3.98. The van der Waals surface area contributed by atoms with Gasteiger partial charge in [-0.15, -0.1) is 0 Å². The summed E-state index contributed by atoms with van der Waals surface area (Å²) in [7, 11) is 0. The summed E-state index contributed by atoms with van der Waals surface area (Å²) < 4.78 is 1.17. The van der Waals surface area contributed by atoms with Gasteiger partial charge in [0.15, 0.2) is 0 Å². The van der Waals surface area contributed by atoms with Crippen LogP contribution >= 0.6 is 31.9 Å². The zero-order chi connectivity index (χ0) is 11.4. The van der Waals surface area contributed by atoms with Crippen LogP contribution in [0.5, 0.6) is 0 Å². The van der Waals surface area contributed by atoms with Crippen LogP contribution in [0.4, 0.5) is 0 Å². The fraction of sp³-hybridized carbons (Fsp3) is 0.385. The minimum atomic E-state index is 0.591. The fourth-order valence-corrected chi connectivity index (χ4v) is 2.39. The second-order valence-corrected chi connectivity index (χ2v) is 5.43. The quantitative estimate of drug-likeness (QED) is 0.668. The van der Waals surface area contributed by atoms with Crippen molar-refractivity contribution in [3.8, 4) is 0 Å². The van der Waals surface area contributed by atoms with E-state index in [-0.39, 0.29) is 0 Å². The van der Waals surface area contributed by atoms with E-state index < -0.39 is 0 Å². The first-order valence-corrected chi connectivity index (χ1v) is 6.98. The molecule has 0 saturated heterocycles. The van der Waals surface area contributed by atoms with E-state index in [1.165, 1.54) is 21.2 Å². The van der Waals surface area contributed by atoms with E-state index in [1.807, 2.05) is 0 Å². The van der Waals surface area contributed by atoms with Crippen LogP contribution in [0.1, 0.15) is 25.0 Å². The lowest BCUT2D eigenvalue weighted by atomic mass is 10.0. The van der Waals surface area contributed by atoms with Crippen molar-refractivity contribution in [2.45, 2.75) is 20.8 Å². The molecule has 0 heterocycles. The second-order valence-electron chi connectivity index (χ2n) is 4.02. The van der Waals surface area contributed by atoms with Crippen molar-refractivity contribution >= 4 is 37.9 Å². The number of hydrogen-bond acceptors (Lipinski definition) is 0. The molecule has 15 heavy (non-hydrogen) atoms. The number of benzene rings is 1. The van der Waals surface area contributed by atoms with E-state index in [0.717, 1.165) is 5.33 Å². The maximum Gasteiger partial charge on any atom is 0.0247 e. The molecule has 0 atom stereocenters. The molecule has 0 aliphatic rings. The predicted molar refractivity (Wildman–Crippen MR) is 75.5 cm³/mol. The minimum absolute atomic E-state index is 0.591. The fourth-order valence-electron chi connectivity index (χ4n) is 1.33. The van der Waals surface area contributed by atoms with Crippen molar-refractivity contribution in [1.29, 1.82) is 0 Å². The Kier molecular flexibility index (Phi) is 5.07. The number of allylic oxidation sites excluding steroid dienone is 1. The molecule has 0 N–H and O–H groups in total. The van der Waals surface area contributed by atoms with Gasteiger partial charge >= 0.3 is 0 Å². The van der Waals surface area contributed by atoms with E-state index in [2.05, 4.69) is 76.9 Å². The Morgan fingerprint density at radius 3 is 2.53 bits per heavy atom. The lowest BCUT2D eigenvalue weighted by Crippen LogP contribution is -1.94. The molecule has 0 unspecified atom stereocenters. The van der Waals surface area contributed by atoms with Crippen LogP contribution < -0.4 is 0 Å². The largest absolute Gasteiger partial charge is 0.0880 e. The zero-order valence-electron chi connectivity index (χ0n) is 9.35. The summed E-state index contributed by atoms with van der Waals surface area (Å²) in [6.45, 7) is 6.56. The molecule has 0 amide bonds. The molecule has 0 aliphatic carbocycles. The summed E-state index contributed by atoms with van der Waals surface area (Å²) in [6, 6.07) is 6.45. The molecule has 0 radical (unpaired) electrons. The molecule has 0 bridgehead atoms. The Morgan fingerprint density at radius 1 is 1.40 bits per heavy atom. The highest BCUT2D eigenvalue weighted by Crippen LogP contribution is 2.21. The lowest BCUT2D eigenvalue weighted by Gasteiger charge is -2.08. The van der Waals surface area contributed by atoms with Crippen molar-refractivity contribution < 1.29 is 0 Å². The first-order chi connectivity index (χ1) is 7.04. The van der Waals surface area contributed by atoms with Crippen LogP contribution in [0.3, 0.4) is 0 Å².